The smallest absolute Gasteiger partial charge is 0.311 e. The summed E-state index contributed by atoms with van der Waals surface area (Å²) in [6.45, 7) is 7.56. The molecule has 0 fully saturated rings. The van der Waals surface area contributed by atoms with Crippen LogP contribution in [0, 0.1) is 5.41 Å². The van der Waals surface area contributed by atoms with Crippen LogP contribution in [0.25, 0.3) is 0 Å². The first-order valence-electron chi connectivity index (χ1n) is 6.89. The minimum absolute atomic E-state index is 0.0290. The van der Waals surface area contributed by atoms with Crippen LogP contribution < -0.4 is 4.90 Å². The zero-order chi connectivity index (χ0) is 15.1. The predicted molar refractivity (Wildman–Crippen MR) is 77.8 cm³/mol. The molecule has 1 N–H and O–H groups in total. The molecule has 0 aromatic heterocycles. The molecule has 1 amide bonds. The van der Waals surface area contributed by atoms with Crippen LogP contribution in [-0.4, -0.2) is 23.0 Å². The molecule has 0 saturated heterocycles. The molecule has 2 unspecified atom stereocenters. The highest BCUT2D eigenvalue weighted by Gasteiger charge is 2.39. The van der Waals surface area contributed by atoms with Crippen LogP contribution >= 0.6 is 0 Å². The number of fused-ring (bicyclic) bond motifs is 1. The van der Waals surface area contributed by atoms with Gasteiger partial charge in [0.2, 0.25) is 5.91 Å². The molecule has 0 spiro atoms. The fourth-order valence-corrected chi connectivity index (χ4v) is 2.72. The molecule has 4 nitrogen and oxygen atoms in total. The minimum Gasteiger partial charge on any atom is -0.481 e. The lowest BCUT2D eigenvalue weighted by Gasteiger charge is -2.40. The fraction of sp³-hybridized carbons (Fsp3) is 0.500. The second kappa shape index (κ2) is 4.93. The molecule has 1 aliphatic heterocycles. The Balaban J connectivity index is 2.53. The van der Waals surface area contributed by atoms with Crippen LogP contribution in [0.1, 0.15) is 45.6 Å². The number of aliphatic carboxylic acids is 1. The average molecular weight is 275 g/mol. The predicted octanol–water partition coefficient (Wildman–Crippen LogP) is 3.03. The number of carbonyl (C=O) groups is 2. The van der Waals surface area contributed by atoms with Gasteiger partial charge in [-0.2, -0.15) is 0 Å². The highest BCUT2D eigenvalue weighted by Crippen LogP contribution is 2.40. The van der Waals surface area contributed by atoms with Crippen molar-refractivity contribution < 1.29 is 14.7 Å². The molecule has 1 heterocycles. The summed E-state index contributed by atoms with van der Waals surface area (Å²) in [5, 5.41) is 9.38. The summed E-state index contributed by atoms with van der Waals surface area (Å²) in [7, 11) is 0. The summed E-state index contributed by atoms with van der Waals surface area (Å²) >= 11 is 0. The van der Waals surface area contributed by atoms with E-state index in [4.69, 9.17) is 0 Å². The van der Waals surface area contributed by atoms with Crippen molar-refractivity contribution in [1.82, 2.24) is 0 Å². The molecular weight excluding hydrogens is 254 g/mol. The maximum absolute atomic E-state index is 12.6. The molecule has 0 bridgehead atoms. The van der Waals surface area contributed by atoms with Gasteiger partial charge in [0.1, 0.15) is 0 Å². The van der Waals surface area contributed by atoms with Crippen molar-refractivity contribution >= 4 is 17.6 Å². The standard InChI is InChI=1S/C16H21NO3/c1-10-9-12(14(18)19)11-7-5-6-8-13(11)17(10)15(20)16(2,3)4/h5-8,10,12H,9H2,1-4H3,(H,18,19). The fourth-order valence-electron chi connectivity index (χ4n) is 2.72. The maximum atomic E-state index is 12.6. The van der Waals surface area contributed by atoms with Crippen molar-refractivity contribution in [3.05, 3.63) is 29.8 Å². The van der Waals surface area contributed by atoms with E-state index in [1.165, 1.54) is 0 Å². The van der Waals surface area contributed by atoms with Crippen LogP contribution in [0.4, 0.5) is 5.69 Å². The molecule has 1 aliphatic rings. The van der Waals surface area contributed by atoms with Gasteiger partial charge in [0.15, 0.2) is 0 Å². The van der Waals surface area contributed by atoms with E-state index in [2.05, 4.69) is 0 Å². The van der Waals surface area contributed by atoms with Gasteiger partial charge < -0.3 is 10.0 Å². The number of carboxylic acid groups (broad SMARTS) is 1. The number of nitrogens with zero attached hydrogens (tertiary/aromatic N) is 1. The van der Waals surface area contributed by atoms with Crippen LogP contribution in [0.3, 0.4) is 0 Å². The summed E-state index contributed by atoms with van der Waals surface area (Å²) in [6.07, 6.45) is 0.453. The quantitative estimate of drug-likeness (QED) is 0.857. The Morgan fingerprint density at radius 1 is 1.25 bits per heavy atom. The van der Waals surface area contributed by atoms with Gasteiger partial charge in [-0.1, -0.05) is 39.0 Å². The minimum atomic E-state index is -0.827. The zero-order valence-electron chi connectivity index (χ0n) is 12.4. The topological polar surface area (TPSA) is 57.6 Å². The first kappa shape index (κ1) is 14.6. The number of anilines is 1. The van der Waals surface area contributed by atoms with Gasteiger partial charge in [-0.25, -0.2) is 0 Å². The second-order valence-corrected chi connectivity index (χ2v) is 6.46. The Labute approximate surface area is 119 Å². The van der Waals surface area contributed by atoms with Crippen molar-refractivity contribution in [3.8, 4) is 0 Å². The molecule has 2 atom stereocenters. The third kappa shape index (κ3) is 2.42. The van der Waals surface area contributed by atoms with Crippen molar-refractivity contribution in [1.29, 1.82) is 0 Å². The molecule has 1 aromatic rings. The number of carbonyl (C=O) groups excluding carboxylic acids is 1. The lowest BCUT2D eigenvalue weighted by molar-refractivity contribution is -0.139. The molecule has 2 rings (SSSR count). The number of rotatable bonds is 1. The Kier molecular flexibility index (Phi) is 3.59. The number of hydrogen-bond donors (Lipinski definition) is 1. The van der Waals surface area contributed by atoms with Gasteiger partial charge in [-0.15, -0.1) is 0 Å². The number of para-hydroxylation sites is 1. The normalized spacial score (nSPS) is 22.3. The highest BCUT2D eigenvalue weighted by molar-refractivity contribution is 5.99. The van der Waals surface area contributed by atoms with Crippen molar-refractivity contribution in [2.45, 2.75) is 46.1 Å². The molecule has 1 aromatic carbocycles. The van der Waals surface area contributed by atoms with E-state index in [1.807, 2.05) is 52.0 Å². The first-order chi connectivity index (χ1) is 9.23. The molecule has 4 heteroatoms. The number of amides is 1. The monoisotopic (exact) mass is 275 g/mol. The van der Waals surface area contributed by atoms with E-state index >= 15 is 0 Å². The van der Waals surface area contributed by atoms with Gasteiger partial charge in [0.05, 0.1) is 5.92 Å². The molecular formula is C16H21NO3. The third-order valence-corrected chi connectivity index (χ3v) is 3.75. The second-order valence-electron chi connectivity index (χ2n) is 6.46. The lowest BCUT2D eigenvalue weighted by atomic mass is 9.84. The van der Waals surface area contributed by atoms with E-state index in [0.717, 1.165) is 11.3 Å². The van der Waals surface area contributed by atoms with Gasteiger partial charge >= 0.3 is 5.97 Å². The number of carboxylic acids is 1. The SMILES string of the molecule is CC1CC(C(=O)O)c2ccccc2N1C(=O)C(C)(C)C. The molecule has 0 saturated carbocycles. The van der Waals surface area contributed by atoms with E-state index in [0.29, 0.717) is 6.42 Å². The summed E-state index contributed by atoms with van der Waals surface area (Å²) in [6, 6.07) is 7.20. The van der Waals surface area contributed by atoms with Crippen LogP contribution in [-0.2, 0) is 9.59 Å². The Morgan fingerprint density at radius 2 is 1.85 bits per heavy atom. The summed E-state index contributed by atoms with van der Waals surface area (Å²) in [4.78, 5) is 25.8. The number of benzene rings is 1. The first-order valence-corrected chi connectivity index (χ1v) is 6.89. The summed E-state index contributed by atoms with van der Waals surface area (Å²) < 4.78 is 0. The highest BCUT2D eigenvalue weighted by atomic mass is 16.4. The largest absolute Gasteiger partial charge is 0.481 e. The summed E-state index contributed by atoms with van der Waals surface area (Å²) in [5.41, 5.74) is 0.978. The molecule has 20 heavy (non-hydrogen) atoms. The van der Waals surface area contributed by atoms with Gasteiger partial charge in [0, 0.05) is 17.1 Å². The van der Waals surface area contributed by atoms with Crippen LogP contribution in [0.15, 0.2) is 24.3 Å². The Morgan fingerprint density at radius 3 is 2.40 bits per heavy atom. The zero-order valence-corrected chi connectivity index (χ0v) is 12.4. The van der Waals surface area contributed by atoms with Gasteiger partial charge in [-0.3, -0.25) is 9.59 Å². The van der Waals surface area contributed by atoms with E-state index in [-0.39, 0.29) is 11.9 Å². The van der Waals surface area contributed by atoms with E-state index in [9.17, 15) is 14.7 Å². The molecule has 0 radical (unpaired) electrons. The lowest BCUT2D eigenvalue weighted by Crippen LogP contribution is -2.48. The van der Waals surface area contributed by atoms with Crippen LogP contribution in [0.2, 0.25) is 0 Å². The van der Waals surface area contributed by atoms with E-state index in [1.54, 1.807) is 4.90 Å². The maximum Gasteiger partial charge on any atom is 0.311 e. The molecule has 108 valence electrons. The van der Waals surface area contributed by atoms with Crippen LogP contribution in [0.5, 0.6) is 0 Å². The van der Waals surface area contributed by atoms with Crippen molar-refractivity contribution in [2.75, 3.05) is 4.90 Å². The summed E-state index contributed by atoms with van der Waals surface area (Å²) in [5.74, 6) is -1.33. The van der Waals surface area contributed by atoms with Crippen molar-refractivity contribution in [3.63, 3.8) is 0 Å². The van der Waals surface area contributed by atoms with Gasteiger partial charge in [0.25, 0.3) is 0 Å². The average Bonchev–Trinajstić information content (AvgIpc) is 2.35. The van der Waals surface area contributed by atoms with Crippen molar-refractivity contribution in [2.24, 2.45) is 5.41 Å². The Bertz CT molecular complexity index is 545. The Hall–Kier alpha value is -1.84. The van der Waals surface area contributed by atoms with Gasteiger partial charge in [-0.05, 0) is 25.0 Å². The number of hydrogen-bond acceptors (Lipinski definition) is 2. The third-order valence-electron chi connectivity index (χ3n) is 3.75. The molecule has 0 aliphatic carbocycles. The van der Waals surface area contributed by atoms with E-state index < -0.39 is 17.3 Å².